The van der Waals surface area contributed by atoms with Gasteiger partial charge < -0.3 is 14.2 Å². The number of nitrogens with zero attached hydrogens (tertiary/aromatic N) is 5. The second-order valence-electron chi connectivity index (χ2n) is 7.21. The Labute approximate surface area is 162 Å². The third-order valence-electron chi connectivity index (χ3n) is 4.98. The van der Waals surface area contributed by atoms with Crippen molar-refractivity contribution in [3.63, 3.8) is 0 Å². The predicted molar refractivity (Wildman–Crippen MR) is 102 cm³/mol. The highest BCUT2D eigenvalue weighted by atomic mass is 79.9. The lowest BCUT2D eigenvalue weighted by atomic mass is 9.84. The number of piperidine rings is 1. The number of hydrogen-bond acceptors (Lipinski definition) is 7. The molecule has 0 aromatic carbocycles. The van der Waals surface area contributed by atoms with Crippen LogP contribution < -0.4 is 9.64 Å². The summed E-state index contributed by atoms with van der Waals surface area (Å²) in [4.78, 5) is 15.0. The molecule has 3 heterocycles. The van der Waals surface area contributed by atoms with E-state index in [1.54, 1.807) is 12.4 Å². The van der Waals surface area contributed by atoms with E-state index < -0.39 is 0 Å². The molecule has 8 heteroatoms. The Balaban J connectivity index is 1.41. The number of ether oxygens (including phenoxy) is 1. The maximum absolute atomic E-state index is 5.70. The third-order valence-corrected chi connectivity index (χ3v) is 5.39. The van der Waals surface area contributed by atoms with Crippen molar-refractivity contribution in [2.24, 2.45) is 11.8 Å². The summed E-state index contributed by atoms with van der Waals surface area (Å²) in [5, 5.41) is 4.06. The topological polar surface area (TPSA) is 77.2 Å². The molecule has 0 aliphatic carbocycles. The molecule has 142 valence electrons. The summed E-state index contributed by atoms with van der Waals surface area (Å²) in [6, 6.07) is 0.664. The standard InChI is InChI=1S/C18H26BrN5O2/c1-12(2)17-22-18(26-23-17)24-7-4-14(5-8-24)13(3)6-9-25-16-11-20-15(19)10-21-16/h10-14H,4-9H2,1-3H3/t13-/m1/s1. The van der Waals surface area contributed by atoms with Crippen LogP contribution in [-0.2, 0) is 0 Å². The highest BCUT2D eigenvalue weighted by Crippen LogP contribution is 2.29. The summed E-state index contributed by atoms with van der Waals surface area (Å²) in [7, 11) is 0. The Morgan fingerprint density at radius 3 is 2.62 bits per heavy atom. The van der Waals surface area contributed by atoms with E-state index in [9.17, 15) is 0 Å². The van der Waals surface area contributed by atoms with Gasteiger partial charge in [-0.15, -0.1) is 0 Å². The van der Waals surface area contributed by atoms with Crippen molar-refractivity contribution in [1.29, 1.82) is 0 Å². The van der Waals surface area contributed by atoms with Crippen molar-refractivity contribution < 1.29 is 9.26 Å². The maximum Gasteiger partial charge on any atom is 0.324 e. The number of anilines is 1. The van der Waals surface area contributed by atoms with Crippen LogP contribution in [0.2, 0.25) is 0 Å². The molecule has 0 N–H and O–H groups in total. The first kappa shape index (κ1) is 19.1. The van der Waals surface area contributed by atoms with Gasteiger partial charge in [0, 0.05) is 19.0 Å². The number of halogens is 1. The molecular formula is C18H26BrN5O2. The Hall–Kier alpha value is -1.70. The van der Waals surface area contributed by atoms with Crippen LogP contribution in [0.25, 0.3) is 0 Å². The summed E-state index contributed by atoms with van der Waals surface area (Å²) in [6.45, 7) is 9.05. The van der Waals surface area contributed by atoms with Crippen LogP contribution in [0.1, 0.15) is 51.8 Å². The fourth-order valence-corrected chi connectivity index (χ4v) is 3.41. The molecule has 0 saturated carbocycles. The second kappa shape index (κ2) is 8.79. The normalized spacial score (nSPS) is 16.9. The SMILES string of the molecule is CC(C)c1noc(N2CCC([C@H](C)CCOc3cnc(Br)cn3)CC2)n1. The zero-order valence-corrected chi connectivity index (χ0v) is 17.1. The Morgan fingerprint density at radius 2 is 2.00 bits per heavy atom. The molecule has 0 amide bonds. The number of aromatic nitrogens is 4. The fourth-order valence-electron chi connectivity index (χ4n) is 3.21. The Morgan fingerprint density at radius 1 is 1.23 bits per heavy atom. The minimum absolute atomic E-state index is 0.292. The van der Waals surface area contributed by atoms with E-state index >= 15 is 0 Å². The van der Waals surface area contributed by atoms with Gasteiger partial charge in [0.25, 0.3) is 0 Å². The molecule has 0 bridgehead atoms. The molecule has 1 aliphatic rings. The predicted octanol–water partition coefficient (Wildman–Crippen LogP) is 4.07. The highest BCUT2D eigenvalue weighted by molar-refractivity contribution is 9.10. The maximum atomic E-state index is 5.70. The van der Waals surface area contributed by atoms with Gasteiger partial charge in [-0.3, -0.25) is 0 Å². The first-order valence-electron chi connectivity index (χ1n) is 9.22. The largest absolute Gasteiger partial charge is 0.477 e. The molecule has 2 aromatic heterocycles. The van der Waals surface area contributed by atoms with E-state index in [1.807, 2.05) is 0 Å². The van der Waals surface area contributed by atoms with Crippen LogP contribution in [0.4, 0.5) is 6.01 Å². The lowest BCUT2D eigenvalue weighted by Gasteiger charge is -2.33. The lowest BCUT2D eigenvalue weighted by Crippen LogP contribution is -2.36. The molecule has 26 heavy (non-hydrogen) atoms. The second-order valence-corrected chi connectivity index (χ2v) is 8.02. The van der Waals surface area contributed by atoms with Crippen molar-refractivity contribution in [3.05, 3.63) is 22.8 Å². The van der Waals surface area contributed by atoms with Crippen LogP contribution in [0.5, 0.6) is 5.88 Å². The van der Waals surface area contributed by atoms with Gasteiger partial charge in [-0.25, -0.2) is 9.97 Å². The van der Waals surface area contributed by atoms with E-state index in [0.29, 0.717) is 40.9 Å². The molecular weight excluding hydrogens is 398 g/mol. The summed E-state index contributed by atoms with van der Waals surface area (Å²) >= 11 is 3.27. The summed E-state index contributed by atoms with van der Waals surface area (Å²) in [5.74, 6) is 2.95. The van der Waals surface area contributed by atoms with E-state index in [-0.39, 0.29) is 0 Å². The lowest BCUT2D eigenvalue weighted by molar-refractivity contribution is 0.216. The van der Waals surface area contributed by atoms with E-state index in [4.69, 9.17) is 9.26 Å². The zero-order valence-electron chi connectivity index (χ0n) is 15.6. The quantitative estimate of drug-likeness (QED) is 0.663. The molecule has 1 aliphatic heterocycles. The van der Waals surface area contributed by atoms with Crippen LogP contribution >= 0.6 is 15.9 Å². The number of hydrogen-bond donors (Lipinski definition) is 0. The van der Waals surface area contributed by atoms with Crippen molar-refractivity contribution in [1.82, 2.24) is 20.1 Å². The average molecular weight is 424 g/mol. The molecule has 1 atom stereocenters. The first-order valence-corrected chi connectivity index (χ1v) is 10.0. The van der Waals surface area contributed by atoms with Crippen LogP contribution in [0.15, 0.2) is 21.5 Å². The van der Waals surface area contributed by atoms with Gasteiger partial charge in [0.1, 0.15) is 4.60 Å². The van der Waals surface area contributed by atoms with Gasteiger partial charge in [-0.05, 0) is 47.0 Å². The Bertz CT molecular complexity index is 683. The van der Waals surface area contributed by atoms with Crippen LogP contribution in [0.3, 0.4) is 0 Å². The molecule has 0 unspecified atom stereocenters. The summed E-state index contributed by atoms with van der Waals surface area (Å²) in [6.07, 6.45) is 6.58. The van der Waals surface area contributed by atoms with Crippen LogP contribution in [-0.4, -0.2) is 39.8 Å². The molecule has 2 aromatic rings. The monoisotopic (exact) mass is 423 g/mol. The van der Waals surface area contributed by atoms with Crippen LogP contribution in [0, 0.1) is 11.8 Å². The average Bonchev–Trinajstić information content (AvgIpc) is 3.14. The van der Waals surface area contributed by atoms with Crippen molar-refractivity contribution in [2.75, 3.05) is 24.6 Å². The van der Waals surface area contributed by atoms with Crippen molar-refractivity contribution >= 4 is 21.9 Å². The van der Waals surface area contributed by atoms with E-state index in [2.05, 4.69) is 61.7 Å². The summed E-state index contributed by atoms with van der Waals surface area (Å²) < 4.78 is 11.8. The van der Waals surface area contributed by atoms with Gasteiger partial charge in [0.05, 0.1) is 19.0 Å². The smallest absolute Gasteiger partial charge is 0.324 e. The molecule has 1 saturated heterocycles. The number of rotatable bonds is 7. The fraction of sp³-hybridized carbons (Fsp3) is 0.667. The first-order chi connectivity index (χ1) is 12.5. The van der Waals surface area contributed by atoms with Gasteiger partial charge in [0.15, 0.2) is 5.82 Å². The van der Waals surface area contributed by atoms with E-state index in [1.165, 1.54) is 0 Å². The van der Waals surface area contributed by atoms with E-state index in [0.717, 1.165) is 38.2 Å². The molecule has 0 spiro atoms. The van der Waals surface area contributed by atoms with Gasteiger partial charge >= 0.3 is 6.01 Å². The summed E-state index contributed by atoms with van der Waals surface area (Å²) in [5.41, 5.74) is 0. The van der Waals surface area contributed by atoms with Crippen molar-refractivity contribution in [3.8, 4) is 5.88 Å². The minimum Gasteiger partial charge on any atom is -0.477 e. The highest BCUT2D eigenvalue weighted by Gasteiger charge is 2.26. The van der Waals surface area contributed by atoms with Gasteiger partial charge in [0.2, 0.25) is 5.88 Å². The zero-order chi connectivity index (χ0) is 18.5. The van der Waals surface area contributed by atoms with Crippen molar-refractivity contribution in [2.45, 2.75) is 46.0 Å². The molecule has 3 rings (SSSR count). The third kappa shape index (κ3) is 4.93. The minimum atomic E-state index is 0.292. The van der Waals surface area contributed by atoms with Gasteiger partial charge in [-0.1, -0.05) is 25.9 Å². The molecule has 1 fully saturated rings. The Kier molecular flexibility index (Phi) is 6.45. The molecule has 0 radical (unpaired) electrons. The molecule has 7 nitrogen and oxygen atoms in total. The van der Waals surface area contributed by atoms with Gasteiger partial charge in [-0.2, -0.15) is 4.98 Å².